The van der Waals surface area contributed by atoms with Crippen molar-refractivity contribution in [2.24, 2.45) is 0 Å². The fourth-order valence-corrected chi connectivity index (χ4v) is 4.95. The van der Waals surface area contributed by atoms with Crippen LogP contribution < -0.4 is 10.0 Å². The smallest absolute Gasteiger partial charge is 0.271 e. The van der Waals surface area contributed by atoms with Crippen LogP contribution in [0.4, 0.5) is 5.69 Å². The highest BCUT2D eigenvalue weighted by Crippen LogP contribution is 2.20. The number of rotatable bonds is 7. The summed E-state index contributed by atoms with van der Waals surface area (Å²) in [6, 6.07) is 17.3. The summed E-state index contributed by atoms with van der Waals surface area (Å²) in [4.78, 5) is 16.6. The predicted molar refractivity (Wildman–Crippen MR) is 116 cm³/mol. The first-order chi connectivity index (χ1) is 14.5. The minimum atomic E-state index is -3.62. The third-order valence-corrected chi connectivity index (χ3v) is 7.15. The highest BCUT2D eigenvalue weighted by Gasteiger charge is 2.15. The van der Waals surface area contributed by atoms with Crippen molar-refractivity contribution in [3.05, 3.63) is 95.9 Å². The number of carbonyl (C=O) groups excluding carboxylic acids is 1. The molecule has 1 amide bonds. The second-order valence-electron chi connectivity index (χ2n) is 6.40. The number of hydrogen-bond acceptors (Lipinski definition) is 5. The van der Waals surface area contributed by atoms with E-state index in [9.17, 15) is 13.2 Å². The first-order valence-corrected chi connectivity index (χ1v) is 11.4. The van der Waals surface area contributed by atoms with Crippen LogP contribution in [0.15, 0.2) is 89.0 Å². The van der Waals surface area contributed by atoms with Crippen molar-refractivity contribution in [3.63, 3.8) is 0 Å². The number of para-hydroxylation sites is 1. The Hall–Kier alpha value is -3.43. The first-order valence-electron chi connectivity index (χ1n) is 9.04. The molecule has 0 radical (unpaired) electrons. The predicted octanol–water partition coefficient (Wildman–Crippen LogP) is 3.66. The number of anilines is 1. The van der Waals surface area contributed by atoms with Gasteiger partial charge in [-0.3, -0.25) is 9.52 Å². The Labute approximate surface area is 178 Å². The fourth-order valence-electron chi connectivity index (χ4n) is 2.90. The zero-order valence-electron chi connectivity index (χ0n) is 15.7. The van der Waals surface area contributed by atoms with Crippen molar-refractivity contribution in [1.82, 2.24) is 14.9 Å². The maximum atomic E-state index is 12.5. The van der Waals surface area contributed by atoms with Crippen LogP contribution in [0, 0.1) is 0 Å². The second kappa shape index (κ2) is 8.52. The summed E-state index contributed by atoms with van der Waals surface area (Å²) >= 11 is 1.14. The number of nitrogens with one attached hydrogen (secondary N) is 2. The summed E-state index contributed by atoms with van der Waals surface area (Å²) in [6.07, 6.45) is 5.25. The van der Waals surface area contributed by atoms with E-state index >= 15 is 0 Å². The molecule has 2 heterocycles. The van der Waals surface area contributed by atoms with E-state index in [-0.39, 0.29) is 10.1 Å². The number of hydrogen-bond donors (Lipinski definition) is 2. The van der Waals surface area contributed by atoms with E-state index in [4.69, 9.17) is 0 Å². The lowest BCUT2D eigenvalue weighted by molar-refractivity contribution is 0.0951. The van der Waals surface area contributed by atoms with Gasteiger partial charge in [0.05, 0.1) is 12.0 Å². The molecule has 152 valence electrons. The van der Waals surface area contributed by atoms with Crippen LogP contribution in [-0.2, 0) is 16.6 Å². The van der Waals surface area contributed by atoms with Gasteiger partial charge in [0, 0.05) is 30.2 Å². The average molecular weight is 439 g/mol. The zero-order valence-corrected chi connectivity index (χ0v) is 17.4. The molecule has 7 nitrogen and oxygen atoms in total. The van der Waals surface area contributed by atoms with Crippen molar-refractivity contribution in [2.75, 3.05) is 4.72 Å². The maximum Gasteiger partial charge on any atom is 0.271 e. The molecule has 4 aromatic rings. The van der Waals surface area contributed by atoms with Crippen LogP contribution in [0.1, 0.15) is 15.9 Å². The van der Waals surface area contributed by atoms with Gasteiger partial charge in [0.25, 0.3) is 15.9 Å². The molecule has 2 aromatic carbocycles. The molecule has 0 aliphatic rings. The topological polar surface area (TPSA) is 93.1 Å². The summed E-state index contributed by atoms with van der Waals surface area (Å²) in [7, 11) is -3.62. The van der Waals surface area contributed by atoms with Crippen LogP contribution in [0.25, 0.3) is 5.69 Å². The third kappa shape index (κ3) is 4.42. The van der Waals surface area contributed by atoms with Gasteiger partial charge in [-0.15, -0.1) is 11.3 Å². The molecule has 0 unspecified atom stereocenters. The van der Waals surface area contributed by atoms with Crippen LogP contribution in [0.5, 0.6) is 0 Å². The first kappa shape index (κ1) is 19.9. The van der Waals surface area contributed by atoms with Gasteiger partial charge in [-0.05, 0) is 47.3 Å². The van der Waals surface area contributed by atoms with Gasteiger partial charge in [-0.25, -0.2) is 13.4 Å². The molecule has 0 fully saturated rings. The van der Waals surface area contributed by atoms with Gasteiger partial charge < -0.3 is 9.88 Å². The SMILES string of the molecule is O=C(NCc1ccccc1-n1ccnc1)c1ccc(NS(=O)(=O)c2cccs2)cc1. The number of thiophene rings is 1. The minimum Gasteiger partial charge on any atom is -0.348 e. The molecule has 0 aliphatic heterocycles. The molecule has 0 atom stereocenters. The molecule has 0 aliphatic carbocycles. The fraction of sp³-hybridized carbons (Fsp3) is 0.0476. The number of nitrogens with zero attached hydrogens (tertiary/aromatic N) is 2. The molecule has 0 spiro atoms. The van der Waals surface area contributed by atoms with E-state index in [0.717, 1.165) is 22.6 Å². The number of amides is 1. The largest absolute Gasteiger partial charge is 0.348 e. The van der Waals surface area contributed by atoms with Crippen LogP contribution in [0.2, 0.25) is 0 Å². The van der Waals surface area contributed by atoms with Gasteiger partial charge in [-0.2, -0.15) is 0 Å². The highest BCUT2D eigenvalue weighted by molar-refractivity contribution is 7.94. The molecule has 9 heteroatoms. The molecular formula is C21H18N4O3S2. The van der Waals surface area contributed by atoms with Crippen molar-refractivity contribution in [2.45, 2.75) is 10.8 Å². The van der Waals surface area contributed by atoms with Gasteiger partial charge in [0.1, 0.15) is 4.21 Å². The van der Waals surface area contributed by atoms with Crippen molar-refractivity contribution >= 4 is 33.0 Å². The molecular weight excluding hydrogens is 420 g/mol. The van der Waals surface area contributed by atoms with E-state index in [1.807, 2.05) is 35.0 Å². The number of sulfonamides is 1. The van der Waals surface area contributed by atoms with Gasteiger partial charge in [0.2, 0.25) is 0 Å². The number of benzene rings is 2. The Balaban J connectivity index is 1.42. The van der Waals surface area contributed by atoms with E-state index in [1.54, 1.807) is 48.2 Å². The van der Waals surface area contributed by atoms with Gasteiger partial charge in [-0.1, -0.05) is 24.3 Å². The normalized spacial score (nSPS) is 11.2. The quantitative estimate of drug-likeness (QED) is 0.460. The molecule has 30 heavy (non-hydrogen) atoms. The van der Waals surface area contributed by atoms with Crippen LogP contribution >= 0.6 is 11.3 Å². The summed E-state index contributed by atoms with van der Waals surface area (Å²) in [5.74, 6) is -0.247. The van der Waals surface area contributed by atoms with Crippen molar-refractivity contribution in [1.29, 1.82) is 0 Å². The standard InChI is InChI=1S/C21H18N4O3S2/c26-21(23-14-17-4-1-2-5-19(17)25-12-11-22-15-25)16-7-9-18(10-8-16)24-30(27,28)20-6-3-13-29-20/h1-13,15,24H,14H2,(H,23,26). The Morgan fingerprint density at radius 1 is 1.03 bits per heavy atom. The lowest BCUT2D eigenvalue weighted by Crippen LogP contribution is -2.23. The van der Waals surface area contributed by atoms with Crippen molar-refractivity contribution < 1.29 is 13.2 Å². The van der Waals surface area contributed by atoms with Crippen molar-refractivity contribution in [3.8, 4) is 5.69 Å². The lowest BCUT2D eigenvalue weighted by atomic mass is 10.1. The van der Waals surface area contributed by atoms with E-state index in [2.05, 4.69) is 15.0 Å². The Morgan fingerprint density at radius 3 is 2.53 bits per heavy atom. The monoisotopic (exact) mass is 438 g/mol. The highest BCUT2D eigenvalue weighted by atomic mass is 32.2. The summed E-state index contributed by atoms with van der Waals surface area (Å²) < 4.78 is 29.2. The van der Waals surface area contributed by atoms with E-state index in [1.165, 1.54) is 6.07 Å². The zero-order chi connectivity index (χ0) is 21.0. The molecule has 0 saturated heterocycles. The van der Waals surface area contributed by atoms with Crippen LogP contribution in [-0.4, -0.2) is 23.9 Å². The summed E-state index contributed by atoms with van der Waals surface area (Å²) in [5, 5.41) is 4.60. The Kier molecular flexibility index (Phi) is 5.64. The maximum absolute atomic E-state index is 12.5. The van der Waals surface area contributed by atoms with Gasteiger partial charge >= 0.3 is 0 Å². The lowest BCUT2D eigenvalue weighted by Gasteiger charge is -2.12. The number of carbonyl (C=O) groups is 1. The minimum absolute atomic E-state index is 0.237. The Bertz CT molecular complexity index is 1230. The van der Waals surface area contributed by atoms with E-state index < -0.39 is 10.0 Å². The second-order valence-corrected chi connectivity index (χ2v) is 9.25. The molecule has 2 N–H and O–H groups in total. The van der Waals surface area contributed by atoms with E-state index in [0.29, 0.717) is 17.8 Å². The average Bonchev–Trinajstić information content (AvgIpc) is 3.47. The molecule has 0 saturated carbocycles. The van der Waals surface area contributed by atoms with Gasteiger partial charge in [0.15, 0.2) is 0 Å². The molecule has 2 aromatic heterocycles. The Morgan fingerprint density at radius 2 is 1.83 bits per heavy atom. The van der Waals surface area contributed by atoms with Crippen LogP contribution in [0.3, 0.4) is 0 Å². The molecule has 0 bridgehead atoms. The number of imidazole rings is 1. The summed E-state index contributed by atoms with van der Waals surface area (Å²) in [5.41, 5.74) is 2.72. The molecule has 4 rings (SSSR count). The number of aromatic nitrogens is 2. The summed E-state index contributed by atoms with van der Waals surface area (Å²) in [6.45, 7) is 0.347. The third-order valence-electron chi connectivity index (χ3n) is 4.37.